The van der Waals surface area contributed by atoms with Gasteiger partial charge in [-0.2, -0.15) is 0 Å². The molecule has 166 valence electrons. The fourth-order valence-corrected chi connectivity index (χ4v) is 4.92. The summed E-state index contributed by atoms with van der Waals surface area (Å²) in [5.41, 5.74) is 1.86. The summed E-state index contributed by atoms with van der Waals surface area (Å²) in [5.74, 6) is -0.954. The quantitative estimate of drug-likeness (QED) is 0.551. The zero-order valence-electron chi connectivity index (χ0n) is 17.9. The third kappa shape index (κ3) is 4.96. The van der Waals surface area contributed by atoms with E-state index in [0.717, 1.165) is 18.8 Å². The third-order valence-electron chi connectivity index (χ3n) is 5.12. The number of anilines is 2. The lowest BCUT2D eigenvalue weighted by Gasteiger charge is -2.37. The van der Waals surface area contributed by atoms with Crippen molar-refractivity contribution in [1.82, 2.24) is 9.80 Å². The SMILES string of the molecule is COC(=O)c1c(NC(=S)N2CCN(c3ccc(F)cc3)CC2)sc(C(=O)N(C)C)c1C. The lowest BCUT2D eigenvalue weighted by molar-refractivity contribution is 0.0601. The lowest BCUT2D eigenvalue weighted by Crippen LogP contribution is -2.50. The Morgan fingerprint density at radius 2 is 1.77 bits per heavy atom. The van der Waals surface area contributed by atoms with Gasteiger partial charge in [-0.15, -0.1) is 11.3 Å². The number of hydrogen-bond acceptors (Lipinski definition) is 6. The van der Waals surface area contributed by atoms with Gasteiger partial charge in [0.15, 0.2) is 5.11 Å². The number of methoxy groups -OCH3 is 1. The zero-order valence-corrected chi connectivity index (χ0v) is 19.5. The first-order chi connectivity index (χ1) is 14.7. The molecule has 0 aliphatic carbocycles. The van der Waals surface area contributed by atoms with Crippen LogP contribution >= 0.6 is 23.6 Å². The van der Waals surface area contributed by atoms with Gasteiger partial charge in [-0.25, -0.2) is 9.18 Å². The highest BCUT2D eigenvalue weighted by atomic mass is 32.1. The van der Waals surface area contributed by atoms with Crippen LogP contribution in [0.25, 0.3) is 0 Å². The summed E-state index contributed by atoms with van der Waals surface area (Å²) in [7, 11) is 4.64. The summed E-state index contributed by atoms with van der Waals surface area (Å²) < 4.78 is 18.1. The van der Waals surface area contributed by atoms with Crippen molar-refractivity contribution >= 4 is 51.2 Å². The van der Waals surface area contributed by atoms with Crippen LogP contribution in [0.5, 0.6) is 0 Å². The van der Waals surface area contributed by atoms with Gasteiger partial charge in [0.1, 0.15) is 10.8 Å². The number of carbonyl (C=O) groups is 2. The van der Waals surface area contributed by atoms with Crippen LogP contribution in [0, 0.1) is 12.7 Å². The van der Waals surface area contributed by atoms with Crippen LogP contribution in [0.4, 0.5) is 15.1 Å². The highest BCUT2D eigenvalue weighted by Crippen LogP contribution is 2.34. The summed E-state index contributed by atoms with van der Waals surface area (Å²) in [6.07, 6.45) is 0. The fraction of sp³-hybridized carbons (Fsp3) is 0.381. The first-order valence-corrected chi connectivity index (χ1v) is 10.9. The van der Waals surface area contributed by atoms with Crippen LogP contribution in [0.2, 0.25) is 0 Å². The lowest BCUT2D eigenvalue weighted by atomic mass is 10.1. The molecule has 0 saturated carbocycles. The maximum absolute atomic E-state index is 13.2. The molecular formula is C21H25FN4O3S2. The van der Waals surface area contributed by atoms with E-state index in [9.17, 15) is 14.0 Å². The number of esters is 1. The standard InChI is InChI=1S/C21H25FN4O3S2/c1-13-16(20(28)29-4)18(31-17(13)19(27)24(2)3)23-21(30)26-11-9-25(10-12-26)15-7-5-14(22)6-8-15/h5-8H,9-12H2,1-4H3,(H,23,30). The molecule has 10 heteroatoms. The third-order valence-corrected chi connectivity index (χ3v) is 6.67. The Kier molecular flexibility index (Phi) is 7.11. The molecule has 31 heavy (non-hydrogen) atoms. The minimum absolute atomic E-state index is 0.181. The summed E-state index contributed by atoms with van der Waals surface area (Å²) in [4.78, 5) is 31.0. The fourth-order valence-electron chi connectivity index (χ4n) is 3.35. The number of benzene rings is 1. The van der Waals surface area contributed by atoms with Gasteiger partial charge in [-0.3, -0.25) is 4.79 Å². The Labute approximate surface area is 190 Å². The van der Waals surface area contributed by atoms with Crippen molar-refractivity contribution in [3.8, 4) is 0 Å². The molecule has 1 aromatic carbocycles. The van der Waals surface area contributed by atoms with E-state index in [-0.39, 0.29) is 11.7 Å². The van der Waals surface area contributed by atoms with Crippen LogP contribution < -0.4 is 10.2 Å². The van der Waals surface area contributed by atoms with Crippen molar-refractivity contribution < 1.29 is 18.7 Å². The highest BCUT2D eigenvalue weighted by Gasteiger charge is 2.28. The molecule has 0 radical (unpaired) electrons. The molecule has 7 nitrogen and oxygen atoms in total. The molecule has 1 amide bonds. The normalized spacial score (nSPS) is 13.7. The van der Waals surface area contributed by atoms with Crippen molar-refractivity contribution in [2.75, 3.05) is 57.6 Å². The number of nitrogens with zero attached hydrogens (tertiary/aromatic N) is 3. The van der Waals surface area contributed by atoms with Crippen molar-refractivity contribution in [2.45, 2.75) is 6.92 Å². The van der Waals surface area contributed by atoms with E-state index in [2.05, 4.69) is 10.2 Å². The van der Waals surface area contributed by atoms with Gasteiger partial charge in [-0.1, -0.05) is 0 Å². The first-order valence-electron chi connectivity index (χ1n) is 9.72. The minimum Gasteiger partial charge on any atom is -0.465 e. The molecule has 2 heterocycles. The van der Waals surface area contributed by atoms with E-state index < -0.39 is 5.97 Å². The van der Waals surface area contributed by atoms with E-state index in [1.807, 2.05) is 4.90 Å². The van der Waals surface area contributed by atoms with Gasteiger partial charge in [0.25, 0.3) is 5.91 Å². The molecule has 0 spiro atoms. The van der Waals surface area contributed by atoms with E-state index in [4.69, 9.17) is 17.0 Å². The maximum atomic E-state index is 13.2. The number of rotatable bonds is 4. The Balaban J connectivity index is 1.73. The number of nitrogens with one attached hydrogen (secondary N) is 1. The Morgan fingerprint density at radius 3 is 2.32 bits per heavy atom. The van der Waals surface area contributed by atoms with Crippen LogP contribution in [0.3, 0.4) is 0 Å². The Hall–Kier alpha value is -2.72. The number of ether oxygens (including phenoxy) is 1. The van der Waals surface area contributed by atoms with E-state index in [0.29, 0.717) is 39.2 Å². The second-order valence-corrected chi connectivity index (χ2v) is 8.74. The average Bonchev–Trinajstić information content (AvgIpc) is 3.08. The van der Waals surface area contributed by atoms with Gasteiger partial charge in [0.05, 0.1) is 17.6 Å². The molecule has 1 N–H and O–H groups in total. The van der Waals surface area contributed by atoms with Crippen LogP contribution in [-0.2, 0) is 4.74 Å². The molecule has 1 aliphatic heterocycles. The average molecular weight is 465 g/mol. The molecule has 2 aromatic rings. The number of hydrogen-bond donors (Lipinski definition) is 1. The summed E-state index contributed by atoms with van der Waals surface area (Å²) >= 11 is 6.78. The van der Waals surface area contributed by atoms with Gasteiger partial charge in [0, 0.05) is 46.0 Å². The second kappa shape index (κ2) is 9.61. The van der Waals surface area contributed by atoms with Gasteiger partial charge in [-0.05, 0) is 49.0 Å². The van der Waals surface area contributed by atoms with Crippen molar-refractivity contribution in [1.29, 1.82) is 0 Å². The van der Waals surface area contributed by atoms with Crippen LogP contribution in [0.15, 0.2) is 24.3 Å². The van der Waals surface area contributed by atoms with Crippen LogP contribution in [0.1, 0.15) is 25.6 Å². The van der Waals surface area contributed by atoms with Gasteiger partial charge in [0.2, 0.25) is 0 Å². The molecule has 3 rings (SSSR count). The number of thiophene rings is 1. The molecule has 1 saturated heterocycles. The van der Waals surface area contributed by atoms with E-state index in [1.165, 1.54) is 35.5 Å². The predicted molar refractivity (Wildman–Crippen MR) is 125 cm³/mol. The van der Waals surface area contributed by atoms with Crippen molar-refractivity contribution in [3.05, 3.63) is 46.1 Å². The Bertz CT molecular complexity index is 983. The van der Waals surface area contributed by atoms with Gasteiger partial charge < -0.3 is 24.8 Å². The summed E-state index contributed by atoms with van der Waals surface area (Å²) in [6.45, 7) is 4.53. The van der Waals surface area contributed by atoms with Crippen LogP contribution in [-0.4, -0.2) is 74.2 Å². The second-order valence-electron chi connectivity index (χ2n) is 7.33. The number of thiocarbonyl (C=S) groups is 1. The number of halogens is 1. The van der Waals surface area contributed by atoms with Crippen molar-refractivity contribution in [3.63, 3.8) is 0 Å². The smallest absolute Gasteiger partial charge is 0.341 e. The topological polar surface area (TPSA) is 65.1 Å². The summed E-state index contributed by atoms with van der Waals surface area (Å²) in [6, 6.07) is 6.44. The number of carbonyl (C=O) groups excluding carboxylic acids is 2. The molecule has 0 bridgehead atoms. The van der Waals surface area contributed by atoms with E-state index in [1.54, 1.807) is 33.2 Å². The molecule has 0 unspecified atom stereocenters. The van der Waals surface area contributed by atoms with Gasteiger partial charge >= 0.3 is 5.97 Å². The van der Waals surface area contributed by atoms with E-state index >= 15 is 0 Å². The molecule has 0 atom stereocenters. The highest BCUT2D eigenvalue weighted by molar-refractivity contribution is 7.80. The maximum Gasteiger partial charge on any atom is 0.341 e. The molecule has 1 fully saturated rings. The first kappa shape index (κ1) is 23.0. The van der Waals surface area contributed by atoms with Crippen molar-refractivity contribution in [2.24, 2.45) is 0 Å². The molecule has 1 aromatic heterocycles. The minimum atomic E-state index is -0.516. The summed E-state index contributed by atoms with van der Waals surface area (Å²) in [5, 5.41) is 4.13. The number of piperazine rings is 1. The monoisotopic (exact) mass is 464 g/mol. The molecule has 1 aliphatic rings. The largest absolute Gasteiger partial charge is 0.465 e. The predicted octanol–water partition coefficient (Wildman–Crippen LogP) is 3.20. The molecular weight excluding hydrogens is 439 g/mol. The number of amides is 1. The Morgan fingerprint density at radius 1 is 1.16 bits per heavy atom. The zero-order chi connectivity index (χ0) is 22.7.